The third-order valence-corrected chi connectivity index (χ3v) is 7.13. The summed E-state index contributed by atoms with van der Waals surface area (Å²) in [6, 6.07) is 44.0. The highest BCUT2D eigenvalue weighted by atomic mass is 14.9. The number of hydrogen-bond acceptors (Lipinski definition) is 3. The van der Waals surface area contributed by atoms with Gasteiger partial charge in [0.2, 0.25) is 0 Å². The summed E-state index contributed by atoms with van der Waals surface area (Å²) in [4.78, 5) is 9.52. The molecule has 0 spiro atoms. The monoisotopic (exact) mass is 483 g/mol. The lowest BCUT2D eigenvalue weighted by Crippen LogP contribution is -1.92. The summed E-state index contributed by atoms with van der Waals surface area (Å²) in [5.41, 5.74) is 7.14. The maximum Gasteiger partial charge on any atom is 0.160 e. The zero-order chi connectivity index (χ0) is 25.5. The van der Waals surface area contributed by atoms with Gasteiger partial charge >= 0.3 is 0 Å². The van der Waals surface area contributed by atoms with E-state index in [0.29, 0.717) is 5.56 Å². The summed E-state index contributed by atoms with van der Waals surface area (Å²) in [5, 5.41) is 14.9. The van der Waals surface area contributed by atoms with E-state index in [0.717, 1.165) is 55.3 Å². The van der Waals surface area contributed by atoms with Crippen molar-refractivity contribution in [1.29, 1.82) is 5.26 Å². The van der Waals surface area contributed by atoms with Gasteiger partial charge in [-0.05, 0) is 80.2 Å². The predicted molar refractivity (Wildman–Crippen MR) is 156 cm³/mol. The van der Waals surface area contributed by atoms with E-state index < -0.39 is 0 Å². The van der Waals surface area contributed by atoms with Gasteiger partial charge < -0.3 is 0 Å². The molecule has 3 heteroatoms. The highest BCUT2D eigenvalue weighted by molar-refractivity contribution is 6.01. The Labute approximate surface area is 220 Å². The molecule has 0 bridgehead atoms. The highest BCUT2D eigenvalue weighted by Gasteiger charge is 2.13. The van der Waals surface area contributed by atoms with Gasteiger partial charge in [0.25, 0.3) is 0 Å². The van der Waals surface area contributed by atoms with Crippen molar-refractivity contribution in [2.45, 2.75) is 0 Å². The largest absolute Gasteiger partial charge is 0.236 e. The summed E-state index contributed by atoms with van der Waals surface area (Å²) in [6.07, 6.45) is 1.89. The van der Waals surface area contributed by atoms with E-state index in [1.54, 1.807) is 0 Å². The minimum atomic E-state index is 0.658. The maximum atomic E-state index is 9.27. The van der Waals surface area contributed by atoms with Crippen molar-refractivity contribution in [1.82, 2.24) is 9.97 Å². The van der Waals surface area contributed by atoms with Crippen LogP contribution >= 0.6 is 0 Å². The van der Waals surface area contributed by atoms with E-state index in [1.165, 1.54) is 10.8 Å². The van der Waals surface area contributed by atoms with Gasteiger partial charge in [-0.1, -0.05) is 84.9 Å². The smallest absolute Gasteiger partial charge is 0.160 e. The first-order valence-corrected chi connectivity index (χ1v) is 12.6. The Hall–Kier alpha value is -5.33. The first kappa shape index (κ1) is 21.9. The molecular weight excluding hydrogens is 462 g/mol. The summed E-state index contributed by atoms with van der Waals surface area (Å²) in [7, 11) is 0. The van der Waals surface area contributed by atoms with Crippen LogP contribution in [0.15, 0.2) is 128 Å². The molecule has 7 aromatic rings. The first-order chi connectivity index (χ1) is 18.8. The molecule has 7 rings (SSSR count). The van der Waals surface area contributed by atoms with E-state index in [2.05, 4.69) is 83.8 Å². The molecule has 0 radical (unpaired) electrons. The van der Waals surface area contributed by atoms with Gasteiger partial charge in [-0.15, -0.1) is 0 Å². The Kier molecular flexibility index (Phi) is 5.17. The van der Waals surface area contributed by atoms with Crippen LogP contribution in [-0.4, -0.2) is 9.97 Å². The standard InChI is InChI=1S/C35H21N3/c36-21-23-12-14-24(15-13-23)32-19-25-6-1-2-7-26(25)20-33(32)28-16-17-30-27(18-28)9-5-10-31(30)35-37-22-29-8-3-4-11-34(29)38-35/h1-20,22H. The number of fused-ring (bicyclic) bond motifs is 3. The molecule has 0 fully saturated rings. The quantitative estimate of drug-likeness (QED) is 0.252. The van der Waals surface area contributed by atoms with Crippen molar-refractivity contribution in [2.24, 2.45) is 0 Å². The normalized spacial score (nSPS) is 11.1. The van der Waals surface area contributed by atoms with Crippen molar-refractivity contribution < 1.29 is 0 Å². The van der Waals surface area contributed by atoms with Crippen LogP contribution in [-0.2, 0) is 0 Å². The number of nitriles is 1. The van der Waals surface area contributed by atoms with Crippen LogP contribution in [0.25, 0.3) is 66.1 Å². The third-order valence-electron chi connectivity index (χ3n) is 7.13. The van der Waals surface area contributed by atoms with E-state index in [4.69, 9.17) is 4.98 Å². The van der Waals surface area contributed by atoms with Gasteiger partial charge in [0.15, 0.2) is 5.82 Å². The summed E-state index contributed by atoms with van der Waals surface area (Å²) < 4.78 is 0. The fourth-order valence-corrected chi connectivity index (χ4v) is 5.19. The number of para-hydroxylation sites is 1. The molecule has 0 unspecified atom stereocenters. The molecule has 0 aliphatic rings. The fraction of sp³-hybridized carbons (Fsp3) is 0. The topological polar surface area (TPSA) is 49.6 Å². The second-order valence-corrected chi connectivity index (χ2v) is 9.43. The van der Waals surface area contributed by atoms with Crippen molar-refractivity contribution in [3.8, 4) is 39.7 Å². The Balaban J connectivity index is 1.40. The van der Waals surface area contributed by atoms with Crippen LogP contribution in [0.4, 0.5) is 0 Å². The van der Waals surface area contributed by atoms with Crippen LogP contribution in [0.2, 0.25) is 0 Å². The number of rotatable bonds is 3. The fourth-order valence-electron chi connectivity index (χ4n) is 5.19. The molecule has 3 nitrogen and oxygen atoms in total. The minimum Gasteiger partial charge on any atom is -0.236 e. The number of aromatic nitrogens is 2. The minimum absolute atomic E-state index is 0.658. The second-order valence-electron chi connectivity index (χ2n) is 9.43. The van der Waals surface area contributed by atoms with Crippen molar-refractivity contribution >= 4 is 32.4 Å². The lowest BCUT2D eigenvalue weighted by molar-refractivity contribution is 1.23. The van der Waals surface area contributed by atoms with Crippen LogP contribution in [0, 0.1) is 11.3 Å². The number of benzene rings is 6. The van der Waals surface area contributed by atoms with Gasteiger partial charge in [0.1, 0.15) is 0 Å². The van der Waals surface area contributed by atoms with Crippen molar-refractivity contribution in [2.75, 3.05) is 0 Å². The molecule has 0 N–H and O–H groups in total. The van der Waals surface area contributed by atoms with Crippen molar-refractivity contribution in [3.05, 3.63) is 133 Å². The number of hydrogen-bond donors (Lipinski definition) is 0. The Morgan fingerprint density at radius 1 is 0.526 bits per heavy atom. The van der Waals surface area contributed by atoms with Gasteiger partial charge in [-0.3, -0.25) is 0 Å². The van der Waals surface area contributed by atoms with E-state index in [-0.39, 0.29) is 0 Å². The summed E-state index contributed by atoms with van der Waals surface area (Å²) in [5.74, 6) is 0.728. The lowest BCUT2D eigenvalue weighted by atomic mass is 9.90. The molecule has 0 aliphatic heterocycles. The summed E-state index contributed by atoms with van der Waals surface area (Å²) in [6.45, 7) is 0. The van der Waals surface area contributed by atoms with Crippen LogP contribution in [0.3, 0.4) is 0 Å². The van der Waals surface area contributed by atoms with Crippen LogP contribution in [0.5, 0.6) is 0 Å². The van der Waals surface area contributed by atoms with E-state index in [9.17, 15) is 5.26 Å². The highest BCUT2D eigenvalue weighted by Crippen LogP contribution is 2.38. The molecule has 0 aliphatic carbocycles. The molecule has 38 heavy (non-hydrogen) atoms. The SMILES string of the molecule is N#Cc1ccc(-c2cc3ccccc3cc2-c2ccc3c(-c4ncc5ccccc5n4)cccc3c2)cc1. The van der Waals surface area contributed by atoms with Gasteiger partial charge in [0.05, 0.1) is 17.1 Å². The average molecular weight is 484 g/mol. The van der Waals surface area contributed by atoms with Crippen LogP contribution in [0.1, 0.15) is 5.56 Å². The molecule has 1 heterocycles. The van der Waals surface area contributed by atoms with E-state index in [1.807, 2.05) is 54.7 Å². The lowest BCUT2D eigenvalue weighted by Gasteiger charge is -2.14. The third kappa shape index (κ3) is 3.77. The zero-order valence-electron chi connectivity index (χ0n) is 20.5. The zero-order valence-corrected chi connectivity index (χ0v) is 20.5. The van der Waals surface area contributed by atoms with Gasteiger partial charge in [-0.25, -0.2) is 9.97 Å². The molecule has 176 valence electrons. The van der Waals surface area contributed by atoms with Crippen LogP contribution < -0.4 is 0 Å². The predicted octanol–water partition coefficient (Wildman–Crippen LogP) is 8.81. The second kappa shape index (κ2) is 8.96. The molecule has 0 saturated heterocycles. The Bertz CT molecular complexity index is 2030. The van der Waals surface area contributed by atoms with Crippen molar-refractivity contribution in [3.63, 3.8) is 0 Å². The molecule has 0 atom stereocenters. The molecule has 0 amide bonds. The summed E-state index contributed by atoms with van der Waals surface area (Å²) >= 11 is 0. The first-order valence-electron chi connectivity index (χ1n) is 12.6. The molecule has 6 aromatic carbocycles. The Morgan fingerprint density at radius 3 is 1.95 bits per heavy atom. The molecular formula is C35H21N3. The average Bonchev–Trinajstić information content (AvgIpc) is 2.99. The Morgan fingerprint density at radius 2 is 1.18 bits per heavy atom. The maximum absolute atomic E-state index is 9.27. The van der Waals surface area contributed by atoms with Gasteiger partial charge in [-0.2, -0.15) is 5.26 Å². The number of nitrogens with zero attached hydrogens (tertiary/aromatic N) is 3. The van der Waals surface area contributed by atoms with Gasteiger partial charge in [0, 0.05) is 17.1 Å². The molecule has 0 saturated carbocycles. The molecule has 1 aromatic heterocycles. The van der Waals surface area contributed by atoms with E-state index >= 15 is 0 Å².